The molecule has 0 fully saturated rings. The van der Waals surface area contributed by atoms with Gasteiger partial charge in [-0.2, -0.15) is 0 Å². The van der Waals surface area contributed by atoms with Crippen molar-refractivity contribution < 1.29 is 22.4 Å². The summed E-state index contributed by atoms with van der Waals surface area (Å²) in [6.07, 6.45) is 0. The minimum absolute atomic E-state index is 0. The Labute approximate surface area is 117 Å². The van der Waals surface area contributed by atoms with Crippen LogP contribution in [0.25, 0.3) is 0 Å². The number of sulfonamides is 1. The lowest BCUT2D eigenvalue weighted by Gasteiger charge is -2.09. The molecular formula is C10H17ClN2O5S. The molecule has 9 heteroatoms. The monoisotopic (exact) mass is 312 g/mol. The maximum absolute atomic E-state index is 11.8. The van der Waals surface area contributed by atoms with Gasteiger partial charge >= 0.3 is 5.97 Å². The molecule has 0 saturated carbocycles. The van der Waals surface area contributed by atoms with Crippen LogP contribution in [-0.4, -0.2) is 33.6 Å². The first kappa shape index (κ1) is 17.9. The second kappa shape index (κ2) is 7.49. The molecule has 1 rings (SSSR count). The molecule has 1 heterocycles. The van der Waals surface area contributed by atoms with Gasteiger partial charge in [-0.15, -0.1) is 12.4 Å². The first-order valence-electron chi connectivity index (χ1n) is 5.40. The van der Waals surface area contributed by atoms with Gasteiger partial charge < -0.3 is 14.9 Å². The van der Waals surface area contributed by atoms with E-state index in [1.807, 2.05) is 0 Å². The zero-order chi connectivity index (χ0) is 13.8. The Balaban J connectivity index is 0.00000324. The lowest BCUT2D eigenvalue weighted by Crippen LogP contribution is -2.37. The molecule has 1 aromatic rings. The van der Waals surface area contributed by atoms with Crippen molar-refractivity contribution in [3.05, 3.63) is 17.9 Å². The summed E-state index contributed by atoms with van der Waals surface area (Å²) in [6.45, 7) is 3.60. The number of nitrogens with two attached hydrogens (primary N) is 1. The first-order valence-corrected chi connectivity index (χ1v) is 6.88. The summed E-state index contributed by atoms with van der Waals surface area (Å²) in [5.41, 5.74) is 5.32. The molecule has 0 spiro atoms. The predicted molar refractivity (Wildman–Crippen MR) is 70.8 cm³/mol. The summed E-state index contributed by atoms with van der Waals surface area (Å²) in [5, 5.41) is -0.342. The van der Waals surface area contributed by atoms with Gasteiger partial charge in [-0.25, -0.2) is 17.9 Å². The number of furan rings is 1. The van der Waals surface area contributed by atoms with Gasteiger partial charge in [0.05, 0.1) is 6.61 Å². The van der Waals surface area contributed by atoms with Crippen LogP contribution in [0, 0.1) is 0 Å². The third-order valence-electron chi connectivity index (χ3n) is 2.03. The van der Waals surface area contributed by atoms with E-state index in [0.29, 0.717) is 0 Å². The highest BCUT2D eigenvalue weighted by Gasteiger charge is 2.23. The number of halogens is 1. The second-order valence-electron chi connectivity index (χ2n) is 3.60. The predicted octanol–water partition coefficient (Wildman–Crippen LogP) is 0.504. The smallest absolute Gasteiger partial charge is 0.374 e. The van der Waals surface area contributed by atoms with Gasteiger partial charge in [0.1, 0.15) is 0 Å². The van der Waals surface area contributed by atoms with Gasteiger partial charge in [0.15, 0.2) is 0 Å². The molecule has 0 bridgehead atoms. The SMILES string of the molecule is CCOC(=O)c1ccc(S(=O)(=O)N[C@@H](C)CN)o1.Cl. The highest BCUT2D eigenvalue weighted by atomic mass is 35.5. The number of carbonyl (C=O) groups excluding carboxylic acids is 1. The summed E-state index contributed by atoms with van der Waals surface area (Å²) in [7, 11) is -3.80. The molecule has 0 aliphatic carbocycles. The quantitative estimate of drug-likeness (QED) is 0.740. The van der Waals surface area contributed by atoms with Crippen LogP contribution in [0.1, 0.15) is 24.4 Å². The average molecular weight is 313 g/mol. The van der Waals surface area contributed by atoms with Crippen LogP contribution in [0.4, 0.5) is 0 Å². The van der Waals surface area contributed by atoms with E-state index in [2.05, 4.69) is 9.46 Å². The van der Waals surface area contributed by atoms with Crippen molar-refractivity contribution in [1.82, 2.24) is 4.72 Å². The molecule has 1 atom stereocenters. The number of esters is 1. The second-order valence-corrected chi connectivity index (χ2v) is 5.24. The fraction of sp³-hybridized carbons (Fsp3) is 0.500. The summed E-state index contributed by atoms with van der Waals surface area (Å²) >= 11 is 0. The van der Waals surface area contributed by atoms with E-state index in [1.165, 1.54) is 12.1 Å². The van der Waals surface area contributed by atoms with E-state index in [-0.39, 0.29) is 36.4 Å². The third-order valence-corrected chi connectivity index (χ3v) is 3.49. The van der Waals surface area contributed by atoms with Gasteiger partial charge in [-0.05, 0) is 26.0 Å². The van der Waals surface area contributed by atoms with Crippen molar-refractivity contribution >= 4 is 28.4 Å². The Morgan fingerprint density at radius 3 is 2.68 bits per heavy atom. The van der Waals surface area contributed by atoms with Gasteiger partial charge in [0.25, 0.3) is 10.0 Å². The van der Waals surface area contributed by atoms with Crippen molar-refractivity contribution in [1.29, 1.82) is 0 Å². The van der Waals surface area contributed by atoms with Crippen molar-refractivity contribution in [2.75, 3.05) is 13.2 Å². The van der Waals surface area contributed by atoms with Crippen LogP contribution < -0.4 is 10.5 Å². The van der Waals surface area contributed by atoms with Crippen LogP contribution in [0.5, 0.6) is 0 Å². The fourth-order valence-corrected chi connectivity index (χ4v) is 2.34. The lowest BCUT2D eigenvalue weighted by molar-refractivity contribution is 0.0484. The van der Waals surface area contributed by atoms with E-state index in [4.69, 9.17) is 10.2 Å². The molecule has 110 valence electrons. The highest BCUT2D eigenvalue weighted by Crippen LogP contribution is 2.15. The molecular weight excluding hydrogens is 296 g/mol. The van der Waals surface area contributed by atoms with E-state index in [9.17, 15) is 13.2 Å². The van der Waals surface area contributed by atoms with E-state index in [0.717, 1.165) is 0 Å². The number of ether oxygens (including phenoxy) is 1. The molecule has 0 aliphatic rings. The van der Waals surface area contributed by atoms with Crippen molar-refractivity contribution in [3.8, 4) is 0 Å². The summed E-state index contributed by atoms with van der Waals surface area (Å²) in [5.74, 6) is -0.858. The molecule has 0 saturated heterocycles. The zero-order valence-electron chi connectivity index (χ0n) is 10.6. The van der Waals surface area contributed by atoms with Crippen LogP contribution >= 0.6 is 12.4 Å². The standard InChI is InChI=1S/C10H16N2O5S.ClH/c1-3-16-10(13)8-4-5-9(17-8)18(14,15)12-7(2)6-11;/h4-5,7,12H,3,6,11H2,1-2H3;1H/t7-;/m0./s1. The molecule has 0 radical (unpaired) electrons. The van der Waals surface area contributed by atoms with Gasteiger partial charge in [-0.1, -0.05) is 0 Å². The van der Waals surface area contributed by atoms with Gasteiger partial charge in [-0.3, -0.25) is 0 Å². The largest absolute Gasteiger partial charge is 0.460 e. The van der Waals surface area contributed by atoms with Gasteiger partial charge in [0, 0.05) is 12.6 Å². The molecule has 19 heavy (non-hydrogen) atoms. The fourth-order valence-electron chi connectivity index (χ4n) is 1.15. The molecule has 0 amide bonds. The summed E-state index contributed by atoms with van der Waals surface area (Å²) in [4.78, 5) is 11.3. The van der Waals surface area contributed by atoms with Crippen LogP contribution in [0.15, 0.2) is 21.6 Å². The normalized spacial score (nSPS) is 12.6. The minimum Gasteiger partial charge on any atom is -0.460 e. The van der Waals surface area contributed by atoms with Crippen molar-refractivity contribution in [2.45, 2.75) is 25.0 Å². The Morgan fingerprint density at radius 2 is 2.16 bits per heavy atom. The zero-order valence-corrected chi connectivity index (χ0v) is 12.2. The topological polar surface area (TPSA) is 112 Å². The van der Waals surface area contributed by atoms with E-state index in [1.54, 1.807) is 13.8 Å². The average Bonchev–Trinajstić information content (AvgIpc) is 2.78. The first-order chi connectivity index (χ1) is 8.40. The number of hydrogen-bond acceptors (Lipinski definition) is 6. The van der Waals surface area contributed by atoms with Crippen LogP contribution in [-0.2, 0) is 14.8 Å². The molecule has 1 aromatic heterocycles. The van der Waals surface area contributed by atoms with E-state index >= 15 is 0 Å². The lowest BCUT2D eigenvalue weighted by atomic mass is 10.4. The minimum atomic E-state index is -3.80. The van der Waals surface area contributed by atoms with E-state index < -0.39 is 22.0 Å². The van der Waals surface area contributed by atoms with Crippen molar-refractivity contribution in [3.63, 3.8) is 0 Å². The third kappa shape index (κ3) is 4.83. The maximum Gasteiger partial charge on any atom is 0.374 e. The molecule has 3 N–H and O–H groups in total. The molecule has 0 aliphatic heterocycles. The summed E-state index contributed by atoms with van der Waals surface area (Å²) < 4.78 is 35.5. The number of rotatable bonds is 6. The highest BCUT2D eigenvalue weighted by molar-refractivity contribution is 7.89. The number of hydrogen-bond donors (Lipinski definition) is 2. The molecule has 0 aromatic carbocycles. The molecule has 0 unspecified atom stereocenters. The Hall–Kier alpha value is -1.09. The molecule has 7 nitrogen and oxygen atoms in total. The van der Waals surface area contributed by atoms with Gasteiger partial charge in [0.2, 0.25) is 10.9 Å². The maximum atomic E-state index is 11.8. The Bertz CT molecular complexity index is 514. The number of nitrogens with one attached hydrogen (secondary N) is 1. The Kier molecular flexibility index (Phi) is 7.06. The van der Waals surface area contributed by atoms with Crippen LogP contribution in [0.2, 0.25) is 0 Å². The number of carbonyl (C=O) groups is 1. The van der Waals surface area contributed by atoms with Crippen LogP contribution in [0.3, 0.4) is 0 Å². The summed E-state index contributed by atoms with van der Waals surface area (Å²) in [6, 6.07) is 2.02. The Morgan fingerprint density at radius 1 is 1.53 bits per heavy atom. The van der Waals surface area contributed by atoms with Crippen molar-refractivity contribution in [2.24, 2.45) is 5.73 Å².